The van der Waals surface area contributed by atoms with Gasteiger partial charge in [0.1, 0.15) is 5.82 Å². The van der Waals surface area contributed by atoms with Crippen LogP contribution in [0.4, 0.5) is 10.3 Å². The molecule has 0 atom stereocenters. The van der Waals surface area contributed by atoms with Gasteiger partial charge in [0.2, 0.25) is 26.6 Å². The van der Waals surface area contributed by atoms with Crippen LogP contribution in [0.25, 0.3) is 11.5 Å². The lowest BCUT2D eigenvalue weighted by atomic mass is 10.0. The van der Waals surface area contributed by atoms with E-state index >= 15 is 0 Å². The van der Waals surface area contributed by atoms with E-state index in [9.17, 15) is 12.8 Å². The molecule has 32 heavy (non-hydrogen) atoms. The van der Waals surface area contributed by atoms with E-state index in [4.69, 9.17) is 16.0 Å². The van der Waals surface area contributed by atoms with Crippen LogP contribution in [0.15, 0.2) is 87.1 Å². The molecule has 0 fully saturated rings. The zero-order valence-electron chi connectivity index (χ0n) is 16.8. The van der Waals surface area contributed by atoms with Crippen LogP contribution < -0.4 is 4.90 Å². The van der Waals surface area contributed by atoms with Crippen LogP contribution in [0, 0.1) is 5.82 Å². The van der Waals surface area contributed by atoms with Gasteiger partial charge in [-0.3, -0.25) is 0 Å². The molecular formula is C24H18ClFN2O3S. The van der Waals surface area contributed by atoms with Crippen molar-refractivity contribution >= 4 is 27.3 Å². The number of fused-ring (bicyclic) bond motifs is 1. The molecule has 3 aromatic carbocycles. The molecule has 8 heteroatoms. The summed E-state index contributed by atoms with van der Waals surface area (Å²) in [5.41, 5.74) is 2.39. The number of hydrogen-bond acceptors (Lipinski definition) is 5. The molecule has 0 N–H and O–H groups in total. The SMILES string of the molecule is O=S(=O)(c1ccc(Cl)cc1)c1nc(-c2ccccc2F)oc1N1CCc2ccccc2C1. The number of oxazole rings is 1. The van der Waals surface area contributed by atoms with Crippen molar-refractivity contribution in [1.29, 1.82) is 0 Å². The van der Waals surface area contributed by atoms with E-state index in [2.05, 4.69) is 11.1 Å². The molecule has 1 aliphatic heterocycles. The molecule has 5 rings (SSSR count). The molecule has 0 amide bonds. The number of benzene rings is 3. The second-order valence-electron chi connectivity index (χ2n) is 7.51. The van der Waals surface area contributed by atoms with Crippen molar-refractivity contribution in [2.45, 2.75) is 22.9 Å². The highest BCUT2D eigenvalue weighted by atomic mass is 35.5. The van der Waals surface area contributed by atoms with Crippen LogP contribution in [0.1, 0.15) is 11.1 Å². The van der Waals surface area contributed by atoms with Gasteiger partial charge in [0, 0.05) is 18.1 Å². The van der Waals surface area contributed by atoms with E-state index in [1.807, 2.05) is 23.1 Å². The molecule has 5 nitrogen and oxygen atoms in total. The van der Waals surface area contributed by atoms with E-state index in [0.29, 0.717) is 18.1 Å². The fourth-order valence-electron chi connectivity index (χ4n) is 3.82. The molecule has 0 saturated heterocycles. The second kappa shape index (κ2) is 8.07. The second-order valence-corrected chi connectivity index (χ2v) is 9.81. The van der Waals surface area contributed by atoms with Gasteiger partial charge < -0.3 is 9.32 Å². The lowest BCUT2D eigenvalue weighted by Gasteiger charge is -2.28. The first-order chi connectivity index (χ1) is 15.4. The Balaban J connectivity index is 1.65. The highest BCUT2D eigenvalue weighted by Gasteiger charge is 2.33. The smallest absolute Gasteiger partial charge is 0.236 e. The summed E-state index contributed by atoms with van der Waals surface area (Å²) in [6.07, 6.45) is 0.729. The van der Waals surface area contributed by atoms with Crippen molar-refractivity contribution in [2.75, 3.05) is 11.4 Å². The van der Waals surface area contributed by atoms with Gasteiger partial charge >= 0.3 is 0 Å². The van der Waals surface area contributed by atoms with Gasteiger partial charge in [-0.05, 0) is 53.9 Å². The molecule has 162 valence electrons. The largest absolute Gasteiger partial charge is 0.419 e. The third-order valence-corrected chi connectivity index (χ3v) is 7.40. The monoisotopic (exact) mass is 468 g/mol. The van der Waals surface area contributed by atoms with Crippen molar-refractivity contribution in [3.8, 4) is 11.5 Å². The third-order valence-electron chi connectivity index (χ3n) is 5.48. The maximum absolute atomic E-state index is 14.4. The quantitative estimate of drug-likeness (QED) is 0.394. The van der Waals surface area contributed by atoms with Gasteiger partial charge in [0.25, 0.3) is 0 Å². The summed E-state index contributed by atoms with van der Waals surface area (Å²) in [5, 5.41) is 0.182. The van der Waals surface area contributed by atoms with Gasteiger partial charge in [-0.2, -0.15) is 4.98 Å². The van der Waals surface area contributed by atoms with E-state index < -0.39 is 15.7 Å². The number of aromatic nitrogens is 1. The van der Waals surface area contributed by atoms with Crippen LogP contribution >= 0.6 is 11.6 Å². The summed E-state index contributed by atoms with van der Waals surface area (Å²) in [6.45, 7) is 1.01. The fourth-order valence-corrected chi connectivity index (χ4v) is 5.26. The molecule has 1 aliphatic rings. The zero-order chi connectivity index (χ0) is 22.3. The van der Waals surface area contributed by atoms with Crippen LogP contribution in [0.5, 0.6) is 0 Å². The topological polar surface area (TPSA) is 63.4 Å². The van der Waals surface area contributed by atoms with Crippen molar-refractivity contribution < 1.29 is 17.2 Å². The van der Waals surface area contributed by atoms with Crippen LogP contribution in [0.2, 0.25) is 5.02 Å². The van der Waals surface area contributed by atoms with Crippen LogP contribution in [-0.4, -0.2) is 19.9 Å². The first-order valence-corrected chi connectivity index (χ1v) is 11.9. The Kier molecular flexibility index (Phi) is 5.23. The standard InChI is InChI=1S/C24H18ClFN2O3S/c25-18-9-11-19(12-10-18)32(29,30)23-24(28-14-13-16-5-1-2-6-17(16)15-28)31-22(27-23)20-7-3-4-8-21(20)26/h1-12H,13-15H2. The van der Waals surface area contributed by atoms with E-state index in [1.54, 1.807) is 12.1 Å². The maximum Gasteiger partial charge on any atom is 0.236 e. The van der Waals surface area contributed by atoms with Crippen molar-refractivity contribution in [2.24, 2.45) is 0 Å². The molecule has 0 unspecified atom stereocenters. The number of anilines is 1. The Hall–Kier alpha value is -3.16. The van der Waals surface area contributed by atoms with Crippen molar-refractivity contribution in [3.05, 3.63) is 94.8 Å². The molecular weight excluding hydrogens is 451 g/mol. The Morgan fingerprint density at radius 1 is 0.938 bits per heavy atom. The summed E-state index contributed by atoms with van der Waals surface area (Å²) in [5.74, 6) is -0.517. The average molecular weight is 469 g/mol. The third kappa shape index (κ3) is 3.67. The first kappa shape index (κ1) is 20.7. The predicted octanol–water partition coefficient (Wildman–Crippen LogP) is 5.53. The van der Waals surface area contributed by atoms with Gasteiger partial charge in [-0.1, -0.05) is 48.0 Å². The van der Waals surface area contributed by atoms with Crippen LogP contribution in [0.3, 0.4) is 0 Å². The molecule has 0 bridgehead atoms. The number of rotatable bonds is 4. The number of halogens is 2. The molecule has 1 aromatic heterocycles. The van der Waals surface area contributed by atoms with Gasteiger partial charge in [-0.25, -0.2) is 12.8 Å². The minimum atomic E-state index is -4.04. The fraction of sp³-hybridized carbons (Fsp3) is 0.125. The Morgan fingerprint density at radius 3 is 2.38 bits per heavy atom. The molecule has 0 aliphatic carbocycles. The highest BCUT2D eigenvalue weighted by molar-refractivity contribution is 7.91. The first-order valence-electron chi connectivity index (χ1n) is 10.0. The minimum absolute atomic E-state index is 0.0361. The Morgan fingerprint density at radius 2 is 1.62 bits per heavy atom. The predicted molar refractivity (Wildman–Crippen MR) is 120 cm³/mol. The van der Waals surface area contributed by atoms with E-state index in [1.165, 1.54) is 42.0 Å². The molecule has 0 spiro atoms. The molecule has 0 radical (unpaired) electrons. The summed E-state index contributed by atoms with van der Waals surface area (Å²) in [4.78, 5) is 6.15. The van der Waals surface area contributed by atoms with E-state index in [0.717, 1.165) is 12.0 Å². The Bertz CT molecular complexity index is 1400. The minimum Gasteiger partial charge on any atom is -0.419 e. The van der Waals surface area contributed by atoms with Gasteiger partial charge in [-0.15, -0.1) is 0 Å². The summed E-state index contributed by atoms with van der Waals surface area (Å²) in [6, 6.07) is 19.8. The molecule has 0 saturated carbocycles. The van der Waals surface area contributed by atoms with Gasteiger partial charge in [0.05, 0.1) is 10.5 Å². The maximum atomic E-state index is 14.4. The normalized spacial score (nSPS) is 13.8. The van der Waals surface area contributed by atoms with E-state index in [-0.39, 0.29) is 27.3 Å². The lowest BCUT2D eigenvalue weighted by Crippen LogP contribution is -2.31. The number of hydrogen-bond donors (Lipinski definition) is 0. The van der Waals surface area contributed by atoms with Gasteiger partial charge in [0.15, 0.2) is 0 Å². The molecule has 4 aromatic rings. The number of sulfone groups is 1. The molecule has 2 heterocycles. The summed E-state index contributed by atoms with van der Waals surface area (Å²) < 4.78 is 47.4. The van der Waals surface area contributed by atoms with Crippen molar-refractivity contribution in [3.63, 3.8) is 0 Å². The zero-order valence-corrected chi connectivity index (χ0v) is 18.4. The Labute approximate surface area is 190 Å². The average Bonchev–Trinajstić information content (AvgIpc) is 3.25. The van der Waals surface area contributed by atoms with Crippen molar-refractivity contribution in [1.82, 2.24) is 4.98 Å². The summed E-state index contributed by atoms with van der Waals surface area (Å²) >= 11 is 5.93. The highest BCUT2D eigenvalue weighted by Crippen LogP contribution is 2.37. The number of nitrogens with zero attached hydrogens (tertiary/aromatic N) is 2. The summed E-state index contributed by atoms with van der Waals surface area (Å²) in [7, 11) is -4.04. The lowest BCUT2D eigenvalue weighted by molar-refractivity contribution is 0.529. The van der Waals surface area contributed by atoms with Crippen LogP contribution in [-0.2, 0) is 22.8 Å².